The van der Waals surface area contributed by atoms with Crippen molar-refractivity contribution in [3.05, 3.63) is 47.5 Å². The van der Waals surface area contributed by atoms with Crippen molar-refractivity contribution in [1.82, 2.24) is 21.3 Å². The lowest BCUT2D eigenvalue weighted by Gasteiger charge is -2.20. The van der Waals surface area contributed by atoms with Crippen molar-refractivity contribution in [3.63, 3.8) is 0 Å². The number of urea groups is 1. The average Bonchev–Trinajstić information content (AvgIpc) is 3.69. The van der Waals surface area contributed by atoms with Gasteiger partial charge in [-0.1, -0.05) is 6.42 Å². The lowest BCUT2D eigenvalue weighted by Crippen LogP contribution is -2.36. The first-order valence-electron chi connectivity index (χ1n) is 20.1. The van der Waals surface area contributed by atoms with E-state index >= 15 is 0 Å². The second-order valence-corrected chi connectivity index (χ2v) is 18.9. The number of unbranched alkanes of at least 4 members (excludes halogenated alkanes) is 1. The van der Waals surface area contributed by atoms with E-state index in [4.69, 9.17) is 28.4 Å². The number of benzene rings is 2. The third kappa shape index (κ3) is 16.8. The Labute approximate surface area is 356 Å². The fourth-order valence-electron chi connectivity index (χ4n) is 6.27. The van der Waals surface area contributed by atoms with Gasteiger partial charge in [-0.3, -0.25) is 9.59 Å². The number of amides is 4. The van der Waals surface area contributed by atoms with Crippen LogP contribution in [0.5, 0.6) is 11.5 Å². The molecule has 16 nitrogen and oxygen atoms in total. The van der Waals surface area contributed by atoms with E-state index in [0.29, 0.717) is 34.8 Å². The van der Waals surface area contributed by atoms with Crippen molar-refractivity contribution >= 4 is 47.7 Å². The number of hydrogen-bond donors (Lipinski definition) is 4. The molecule has 0 unspecified atom stereocenters. The number of carbonyl (C=O) groups excluding carboxylic acids is 6. The zero-order valence-corrected chi connectivity index (χ0v) is 36.9. The van der Waals surface area contributed by atoms with Gasteiger partial charge in [0.05, 0.1) is 12.1 Å². The van der Waals surface area contributed by atoms with Gasteiger partial charge in [0.2, 0.25) is 5.91 Å². The van der Waals surface area contributed by atoms with Gasteiger partial charge in [-0.25, -0.2) is 19.2 Å². The standard InChI is InChI=1S/C43H60N4O12S/c1-41(2,3)57-35(49)23-54-30-19-28(20-31(21-30)55-24-36(50)58-42(4,5)6)27-16-26(22-56-40(53)59-43(7,8)9)17-29(18-27)38(51)45-15-14-44-34(48)13-11-10-12-33-37-32(25-60-33)46-39(52)47-37/h16-21,32-33,37H,10-15,22-25H2,1-9H3,(H,44,48)(H,45,51)(H2,46,47,52)/t32-,33-,37-/m0/s1. The van der Waals surface area contributed by atoms with Gasteiger partial charge in [0.1, 0.15) is 34.9 Å². The van der Waals surface area contributed by atoms with Crippen LogP contribution >= 0.6 is 11.8 Å². The van der Waals surface area contributed by atoms with E-state index in [1.165, 1.54) is 6.07 Å². The molecule has 0 saturated carbocycles. The first-order valence-corrected chi connectivity index (χ1v) is 21.1. The highest BCUT2D eigenvalue weighted by atomic mass is 32.2. The minimum absolute atomic E-state index is 0.117. The SMILES string of the molecule is CC(C)(C)OC(=O)COc1cc(OCC(=O)OC(C)(C)C)cc(-c2cc(COC(=O)OC(C)(C)C)cc(C(=O)NCCNC(=O)CCCC[C@@H]3SC[C@@H]4NC(=O)N[C@@H]43)c2)c1. The lowest BCUT2D eigenvalue weighted by atomic mass is 9.99. The molecule has 0 radical (unpaired) electrons. The molecular weight excluding hydrogens is 797 g/mol. The van der Waals surface area contributed by atoms with E-state index in [9.17, 15) is 28.8 Å². The highest BCUT2D eigenvalue weighted by Crippen LogP contribution is 2.34. The topological polar surface area (TPSA) is 206 Å². The second kappa shape index (κ2) is 20.9. The quantitative estimate of drug-likeness (QED) is 0.0605. The molecule has 2 aromatic carbocycles. The minimum atomic E-state index is -0.893. The number of esters is 2. The molecular formula is C43H60N4O12S. The molecule has 0 aliphatic carbocycles. The molecule has 2 heterocycles. The van der Waals surface area contributed by atoms with Gasteiger partial charge in [0, 0.05) is 42.1 Å². The maximum Gasteiger partial charge on any atom is 0.509 e. The number of hydrogen-bond acceptors (Lipinski definition) is 13. The van der Waals surface area contributed by atoms with E-state index in [0.717, 1.165) is 18.6 Å². The summed E-state index contributed by atoms with van der Waals surface area (Å²) in [6.07, 6.45) is 1.92. The smallest absolute Gasteiger partial charge is 0.482 e. The summed E-state index contributed by atoms with van der Waals surface area (Å²) in [6, 6.07) is 9.84. The summed E-state index contributed by atoms with van der Waals surface area (Å²) in [4.78, 5) is 75.3. The van der Waals surface area contributed by atoms with Crippen molar-refractivity contribution in [2.45, 2.75) is 129 Å². The zero-order valence-electron chi connectivity index (χ0n) is 36.1. The van der Waals surface area contributed by atoms with Crippen LogP contribution in [0.1, 0.15) is 104 Å². The Bertz CT molecular complexity index is 1820. The molecule has 17 heteroatoms. The van der Waals surface area contributed by atoms with Crippen molar-refractivity contribution in [2.75, 3.05) is 32.1 Å². The fourth-order valence-corrected chi connectivity index (χ4v) is 7.81. The number of ether oxygens (including phenoxy) is 6. The third-order valence-corrected chi connectivity index (χ3v) is 10.1. The molecule has 60 heavy (non-hydrogen) atoms. The molecule has 2 aliphatic rings. The number of thioether (sulfide) groups is 1. The van der Waals surface area contributed by atoms with E-state index in [1.807, 2.05) is 11.8 Å². The van der Waals surface area contributed by atoms with Crippen molar-refractivity contribution in [2.24, 2.45) is 0 Å². The molecule has 3 atom stereocenters. The molecule has 2 fully saturated rings. The van der Waals surface area contributed by atoms with E-state index in [1.54, 1.807) is 92.6 Å². The molecule has 2 saturated heterocycles. The Morgan fingerprint density at radius 3 is 1.90 bits per heavy atom. The normalized spacial score (nSPS) is 17.4. The molecule has 2 aliphatic heterocycles. The summed E-state index contributed by atoms with van der Waals surface area (Å²) in [7, 11) is 0. The second-order valence-electron chi connectivity index (χ2n) is 17.6. The lowest BCUT2D eigenvalue weighted by molar-refractivity contribution is -0.158. The van der Waals surface area contributed by atoms with Crippen LogP contribution < -0.4 is 30.7 Å². The van der Waals surface area contributed by atoms with E-state index in [2.05, 4.69) is 21.3 Å². The highest BCUT2D eigenvalue weighted by molar-refractivity contribution is 8.00. The average molecular weight is 857 g/mol. The number of carbonyl (C=O) groups is 6. The van der Waals surface area contributed by atoms with Crippen LogP contribution in [0.3, 0.4) is 0 Å². The molecule has 2 aromatic rings. The molecule has 4 N–H and O–H groups in total. The summed E-state index contributed by atoms with van der Waals surface area (Å²) < 4.78 is 33.1. The van der Waals surface area contributed by atoms with Gasteiger partial charge in [-0.15, -0.1) is 0 Å². The van der Waals surface area contributed by atoms with Crippen LogP contribution in [0.25, 0.3) is 11.1 Å². The summed E-state index contributed by atoms with van der Waals surface area (Å²) in [5, 5.41) is 11.9. The molecule has 4 rings (SSSR count). The molecule has 4 amide bonds. The van der Waals surface area contributed by atoms with Crippen molar-refractivity contribution in [3.8, 4) is 22.6 Å². The van der Waals surface area contributed by atoms with Gasteiger partial charge in [-0.2, -0.15) is 11.8 Å². The summed E-state index contributed by atoms with van der Waals surface area (Å²) in [6.45, 7) is 14.8. The predicted molar refractivity (Wildman–Crippen MR) is 225 cm³/mol. The molecule has 0 bridgehead atoms. The van der Waals surface area contributed by atoms with Crippen LogP contribution in [-0.2, 0) is 39.9 Å². The summed E-state index contributed by atoms with van der Waals surface area (Å²) >= 11 is 1.84. The zero-order chi connectivity index (χ0) is 44.3. The Morgan fingerprint density at radius 1 is 0.717 bits per heavy atom. The Balaban J connectivity index is 1.45. The summed E-state index contributed by atoms with van der Waals surface area (Å²) in [5.74, 6) is -0.477. The van der Waals surface area contributed by atoms with Gasteiger partial charge < -0.3 is 49.7 Å². The monoisotopic (exact) mass is 856 g/mol. The number of fused-ring (bicyclic) bond motifs is 1. The first-order chi connectivity index (χ1) is 28.0. The van der Waals surface area contributed by atoms with Crippen LogP contribution in [0, 0.1) is 0 Å². The van der Waals surface area contributed by atoms with E-state index < -0.39 is 54.0 Å². The van der Waals surface area contributed by atoms with Gasteiger partial charge >= 0.3 is 24.1 Å². The van der Waals surface area contributed by atoms with Gasteiger partial charge in [0.25, 0.3) is 5.91 Å². The van der Waals surface area contributed by atoms with Crippen LogP contribution in [0.4, 0.5) is 9.59 Å². The molecule has 330 valence electrons. The van der Waals surface area contributed by atoms with Crippen LogP contribution in [0.2, 0.25) is 0 Å². The van der Waals surface area contributed by atoms with Gasteiger partial charge in [-0.05, 0) is 122 Å². The first kappa shape index (κ1) is 47.5. The summed E-state index contributed by atoms with van der Waals surface area (Å²) in [5.41, 5.74) is -0.619. The van der Waals surface area contributed by atoms with E-state index in [-0.39, 0.29) is 60.8 Å². The highest BCUT2D eigenvalue weighted by Gasteiger charge is 2.42. The predicted octanol–water partition coefficient (Wildman–Crippen LogP) is 5.82. The fraction of sp³-hybridized carbons (Fsp3) is 0.581. The number of nitrogens with one attached hydrogen (secondary N) is 4. The number of rotatable bonds is 18. The maximum atomic E-state index is 13.6. The third-order valence-electron chi connectivity index (χ3n) is 8.58. The Morgan fingerprint density at radius 2 is 1.30 bits per heavy atom. The van der Waals surface area contributed by atoms with Crippen LogP contribution in [-0.4, -0.2) is 102 Å². The molecule has 0 spiro atoms. The molecule has 0 aromatic heterocycles. The van der Waals surface area contributed by atoms with Crippen molar-refractivity contribution < 1.29 is 57.2 Å². The Hall–Kier alpha value is -5.19. The maximum absolute atomic E-state index is 13.6. The Kier molecular flexibility index (Phi) is 16.5. The largest absolute Gasteiger partial charge is 0.509 e. The van der Waals surface area contributed by atoms with Crippen molar-refractivity contribution in [1.29, 1.82) is 0 Å². The van der Waals surface area contributed by atoms with Crippen LogP contribution in [0.15, 0.2) is 36.4 Å². The van der Waals surface area contributed by atoms with Gasteiger partial charge in [0.15, 0.2) is 13.2 Å². The minimum Gasteiger partial charge on any atom is -0.482 e.